The molecule has 4 atom stereocenters. The Kier molecular flexibility index (Phi) is 5.89. The summed E-state index contributed by atoms with van der Waals surface area (Å²) in [5.74, 6) is 1.95. The van der Waals surface area contributed by atoms with Crippen LogP contribution < -0.4 is 9.80 Å². The Balaban J connectivity index is 0.999. The molecule has 4 unspecified atom stereocenters. The van der Waals surface area contributed by atoms with Crippen LogP contribution in [-0.4, -0.2) is 10.7 Å². The zero-order valence-corrected chi connectivity index (χ0v) is 29.3. The molecule has 7 aromatic rings. The van der Waals surface area contributed by atoms with Crippen LogP contribution in [0.3, 0.4) is 0 Å². The first-order valence-corrected chi connectivity index (χ1v) is 19.1. The number of aromatic nitrogens is 1. The number of aryl methyl sites for hydroxylation is 2. The van der Waals surface area contributed by atoms with Crippen LogP contribution in [0.4, 0.5) is 22.7 Å². The average molecular weight is 670 g/mol. The molecule has 5 aliphatic rings. The first-order chi connectivity index (χ1) is 25.7. The highest BCUT2D eigenvalue weighted by atomic mass is 15.4. The average Bonchev–Trinajstić information content (AvgIpc) is 3.85. The Hall–Kier alpha value is -5.80. The number of rotatable bonds is 3. The SMILES string of the molecule is Cc1ccc2c(c1)c1cc(-c3ccc4c(c3)N3c5ccccc5CCC3N4c3ccccc3)ccc1n2C1=CC=C2C(C1)c1ccccc1C1CC21. The monoisotopic (exact) mass is 669 g/mol. The lowest BCUT2D eigenvalue weighted by molar-refractivity contribution is 0.604. The predicted octanol–water partition coefficient (Wildman–Crippen LogP) is 12.4. The number of fused-ring (bicyclic) bond motifs is 14. The zero-order valence-electron chi connectivity index (χ0n) is 29.3. The molecule has 0 spiro atoms. The van der Waals surface area contributed by atoms with Gasteiger partial charge in [0.2, 0.25) is 0 Å². The standard InChI is InChI=1S/C49H39N3/c1-30-15-21-45-42(25-30)43-26-32(16-22-46(43)50(45)35-19-20-38-39(28-35)36-12-6-7-13-37(36)40-29-41(38)40)33-17-23-47-48(27-33)52-44-14-8-5-9-31(44)18-24-49(52)51(47)34-10-3-2-4-11-34/h2-17,19-23,25-27,39-41,49H,18,24,28-29H2,1H3. The van der Waals surface area contributed by atoms with Gasteiger partial charge in [-0.15, -0.1) is 0 Å². The van der Waals surface area contributed by atoms with Gasteiger partial charge >= 0.3 is 0 Å². The molecule has 0 amide bonds. The van der Waals surface area contributed by atoms with E-state index in [0.29, 0.717) is 5.92 Å². The van der Waals surface area contributed by atoms with Crippen molar-refractivity contribution in [2.75, 3.05) is 9.80 Å². The second-order valence-corrected chi connectivity index (χ2v) is 15.7. The third-order valence-electron chi connectivity index (χ3n) is 12.9. The summed E-state index contributed by atoms with van der Waals surface area (Å²) < 4.78 is 2.57. The molecule has 0 radical (unpaired) electrons. The Labute approximate surface area is 304 Å². The summed E-state index contributed by atoms with van der Waals surface area (Å²) in [5.41, 5.74) is 19.2. The van der Waals surface area contributed by atoms with Gasteiger partial charge in [-0.1, -0.05) is 96.1 Å². The van der Waals surface area contributed by atoms with Crippen molar-refractivity contribution in [3.05, 3.63) is 173 Å². The lowest BCUT2D eigenvalue weighted by Gasteiger charge is -2.37. The van der Waals surface area contributed by atoms with E-state index in [1.54, 1.807) is 16.7 Å². The summed E-state index contributed by atoms with van der Waals surface area (Å²) in [6.07, 6.45) is 9.71. The van der Waals surface area contributed by atoms with Crippen LogP contribution in [0.1, 0.15) is 53.4 Å². The van der Waals surface area contributed by atoms with E-state index >= 15 is 0 Å². The van der Waals surface area contributed by atoms with Crippen molar-refractivity contribution in [3.8, 4) is 11.1 Å². The van der Waals surface area contributed by atoms with Gasteiger partial charge in [0.05, 0.1) is 22.4 Å². The normalized spacial score (nSPS) is 22.2. The fourth-order valence-electron chi connectivity index (χ4n) is 10.5. The molecule has 3 heteroatoms. The van der Waals surface area contributed by atoms with E-state index in [1.807, 2.05) is 0 Å². The minimum absolute atomic E-state index is 0.256. The molecule has 0 N–H and O–H groups in total. The van der Waals surface area contributed by atoms with Gasteiger partial charge < -0.3 is 14.4 Å². The van der Waals surface area contributed by atoms with Crippen molar-refractivity contribution in [3.63, 3.8) is 0 Å². The van der Waals surface area contributed by atoms with Gasteiger partial charge in [-0.25, -0.2) is 0 Å². The molecule has 250 valence electrons. The Bertz CT molecular complexity index is 2690. The highest BCUT2D eigenvalue weighted by Crippen LogP contribution is 2.63. The highest BCUT2D eigenvalue weighted by Gasteiger charge is 2.49. The molecular weight excluding hydrogens is 631 g/mol. The third-order valence-corrected chi connectivity index (χ3v) is 12.9. The van der Waals surface area contributed by atoms with Crippen LogP contribution in [0.2, 0.25) is 0 Å². The molecule has 1 fully saturated rings. The number of para-hydroxylation sites is 2. The Morgan fingerprint density at radius 3 is 2.23 bits per heavy atom. The van der Waals surface area contributed by atoms with E-state index < -0.39 is 0 Å². The van der Waals surface area contributed by atoms with Gasteiger partial charge in [0, 0.05) is 33.8 Å². The second-order valence-electron chi connectivity index (χ2n) is 15.7. The van der Waals surface area contributed by atoms with Crippen molar-refractivity contribution < 1.29 is 0 Å². The molecule has 3 heterocycles. The van der Waals surface area contributed by atoms with Gasteiger partial charge in [0.25, 0.3) is 0 Å². The maximum Gasteiger partial charge on any atom is 0.111 e. The maximum absolute atomic E-state index is 2.60. The van der Waals surface area contributed by atoms with Gasteiger partial charge in [-0.05, 0) is 133 Å². The molecule has 2 aliphatic heterocycles. The van der Waals surface area contributed by atoms with Crippen molar-refractivity contribution in [2.24, 2.45) is 5.92 Å². The topological polar surface area (TPSA) is 11.4 Å². The minimum Gasteiger partial charge on any atom is -0.318 e. The molecule has 12 rings (SSSR count). The maximum atomic E-state index is 2.60. The summed E-state index contributed by atoms with van der Waals surface area (Å²) in [6.45, 7) is 2.22. The van der Waals surface area contributed by atoms with Crippen LogP contribution in [0.5, 0.6) is 0 Å². The third kappa shape index (κ3) is 4.02. The van der Waals surface area contributed by atoms with Crippen LogP contribution >= 0.6 is 0 Å². The van der Waals surface area contributed by atoms with Crippen molar-refractivity contribution in [1.29, 1.82) is 0 Å². The molecule has 3 aliphatic carbocycles. The zero-order chi connectivity index (χ0) is 34.1. The van der Waals surface area contributed by atoms with Crippen LogP contribution in [0, 0.1) is 12.8 Å². The molecule has 3 nitrogen and oxygen atoms in total. The second kappa shape index (κ2) is 10.6. The van der Waals surface area contributed by atoms with Gasteiger partial charge in [0.1, 0.15) is 6.17 Å². The van der Waals surface area contributed by atoms with E-state index in [-0.39, 0.29) is 6.17 Å². The van der Waals surface area contributed by atoms with Gasteiger partial charge in [-0.2, -0.15) is 0 Å². The smallest absolute Gasteiger partial charge is 0.111 e. The lowest BCUT2D eigenvalue weighted by Crippen LogP contribution is -2.41. The first-order valence-electron chi connectivity index (χ1n) is 19.1. The highest BCUT2D eigenvalue weighted by molar-refractivity contribution is 6.11. The predicted molar refractivity (Wildman–Crippen MR) is 216 cm³/mol. The van der Waals surface area contributed by atoms with Crippen LogP contribution in [0.15, 0.2) is 151 Å². The summed E-state index contributed by atoms with van der Waals surface area (Å²) in [6, 6.07) is 50.5. The van der Waals surface area contributed by atoms with E-state index in [1.165, 1.54) is 78.9 Å². The van der Waals surface area contributed by atoms with E-state index in [4.69, 9.17) is 0 Å². The van der Waals surface area contributed by atoms with E-state index in [2.05, 4.69) is 167 Å². The fourth-order valence-corrected chi connectivity index (χ4v) is 10.5. The number of hydrogen-bond acceptors (Lipinski definition) is 2. The largest absolute Gasteiger partial charge is 0.318 e. The Morgan fingerprint density at radius 2 is 1.33 bits per heavy atom. The summed E-state index contributed by atoms with van der Waals surface area (Å²) >= 11 is 0. The molecule has 1 aromatic heterocycles. The quantitative estimate of drug-likeness (QED) is 0.185. The number of nitrogens with zero attached hydrogens (tertiary/aromatic N) is 3. The van der Waals surface area contributed by atoms with Gasteiger partial charge in [-0.3, -0.25) is 0 Å². The summed E-state index contributed by atoms with van der Waals surface area (Å²) in [7, 11) is 0. The van der Waals surface area contributed by atoms with E-state index in [9.17, 15) is 0 Å². The lowest BCUT2D eigenvalue weighted by atomic mass is 9.75. The summed E-state index contributed by atoms with van der Waals surface area (Å²) in [5, 5.41) is 2.66. The number of anilines is 4. The van der Waals surface area contributed by atoms with Crippen molar-refractivity contribution >= 4 is 50.3 Å². The number of benzene rings is 6. The molecule has 52 heavy (non-hydrogen) atoms. The first kappa shape index (κ1) is 28.8. The summed E-state index contributed by atoms with van der Waals surface area (Å²) in [4.78, 5) is 5.16. The molecule has 1 saturated carbocycles. The minimum atomic E-state index is 0.256. The van der Waals surface area contributed by atoms with Crippen LogP contribution in [-0.2, 0) is 6.42 Å². The molecule has 6 aromatic carbocycles. The van der Waals surface area contributed by atoms with Crippen LogP contribution in [0.25, 0.3) is 38.6 Å². The van der Waals surface area contributed by atoms with E-state index in [0.717, 1.165) is 31.1 Å². The molecule has 0 saturated heterocycles. The van der Waals surface area contributed by atoms with Gasteiger partial charge in [0.15, 0.2) is 0 Å². The molecule has 0 bridgehead atoms. The van der Waals surface area contributed by atoms with Crippen molar-refractivity contribution in [1.82, 2.24) is 4.57 Å². The number of allylic oxidation sites excluding steroid dienone is 4. The fraction of sp³-hybridized carbons (Fsp3) is 0.184. The number of hydrogen-bond donors (Lipinski definition) is 0. The Morgan fingerprint density at radius 1 is 0.577 bits per heavy atom. The van der Waals surface area contributed by atoms with Crippen molar-refractivity contribution in [2.45, 2.75) is 50.6 Å². The molecular formula is C49H39N3.